The van der Waals surface area contributed by atoms with E-state index in [0.29, 0.717) is 22.1 Å². The Balaban J connectivity index is 1.74. The van der Waals surface area contributed by atoms with Crippen molar-refractivity contribution in [1.82, 2.24) is 15.5 Å². The van der Waals surface area contributed by atoms with Crippen molar-refractivity contribution in [2.24, 2.45) is 0 Å². The monoisotopic (exact) mass is 396 g/mol. The standard InChI is InChI=1S/C20H17ClN4O3/c1-3-17(26)23-16-7-5-4-6-15(16)19(27)22-12(2)20-24-18(25-28-20)13-8-10-14(21)11-9-13/h3-12H,1H2,2H3,(H,22,27)(H,23,26). The molecule has 3 rings (SSSR count). The second-order valence-corrected chi connectivity index (χ2v) is 6.33. The molecule has 0 aliphatic rings. The molecule has 0 saturated carbocycles. The van der Waals surface area contributed by atoms with Crippen LogP contribution in [-0.4, -0.2) is 22.0 Å². The highest BCUT2D eigenvalue weighted by molar-refractivity contribution is 6.30. The van der Waals surface area contributed by atoms with Gasteiger partial charge in [-0.3, -0.25) is 9.59 Å². The summed E-state index contributed by atoms with van der Waals surface area (Å²) in [6, 6.07) is 13.1. The molecule has 1 aromatic heterocycles. The first-order valence-electron chi connectivity index (χ1n) is 8.41. The third-order valence-electron chi connectivity index (χ3n) is 3.88. The fourth-order valence-electron chi connectivity index (χ4n) is 2.44. The Kier molecular flexibility index (Phi) is 5.86. The molecule has 1 unspecified atom stereocenters. The molecular formula is C20H17ClN4O3. The zero-order valence-electron chi connectivity index (χ0n) is 15.0. The van der Waals surface area contributed by atoms with Crippen molar-refractivity contribution in [3.05, 3.63) is 77.7 Å². The minimum atomic E-state index is -0.538. The van der Waals surface area contributed by atoms with Crippen LogP contribution >= 0.6 is 11.6 Å². The second kappa shape index (κ2) is 8.49. The smallest absolute Gasteiger partial charge is 0.254 e. The molecule has 7 nitrogen and oxygen atoms in total. The van der Waals surface area contributed by atoms with E-state index in [1.54, 1.807) is 55.5 Å². The number of para-hydroxylation sites is 1. The summed E-state index contributed by atoms with van der Waals surface area (Å²) < 4.78 is 5.27. The van der Waals surface area contributed by atoms with Gasteiger partial charge in [0.1, 0.15) is 6.04 Å². The third-order valence-corrected chi connectivity index (χ3v) is 4.13. The topological polar surface area (TPSA) is 97.1 Å². The molecule has 1 atom stereocenters. The van der Waals surface area contributed by atoms with Crippen molar-refractivity contribution < 1.29 is 14.1 Å². The molecule has 3 aromatic rings. The van der Waals surface area contributed by atoms with Crippen LogP contribution in [0.3, 0.4) is 0 Å². The van der Waals surface area contributed by atoms with E-state index < -0.39 is 17.9 Å². The van der Waals surface area contributed by atoms with E-state index in [1.165, 1.54) is 0 Å². The zero-order chi connectivity index (χ0) is 20.1. The van der Waals surface area contributed by atoms with Gasteiger partial charge in [-0.25, -0.2) is 0 Å². The number of nitrogens with zero attached hydrogens (tertiary/aromatic N) is 2. The Morgan fingerprint density at radius 3 is 2.61 bits per heavy atom. The summed E-state index contributed by atoms with van der Waals surface area (Å²) in [5.74, 6) is -0.145. The van der Waals surface area contributed by atoms with E-state index >= 15 is 0 Å². The summed E-state index contributed by atoms with van der Waals surface area (Å²) in [5.41, 5.74) is 1.43. The summed E-state index contributed by atoms with van der Waals surface area (Å²) in [6.45, 7) is 5.13. The van der Waals surface area contributed by atoms with E-state index in [1.807, 2.05) is 0 Å². The van der Waals surface area contributed by atoms with Crippen molar-refractivity contribution in [3.8, 4) is 11.4 Å². The van der Waals surface area contributed by atoms with Crippen molar-refractivity contribution in [2.75, 3.05) is 5.32 Å². The first-order valence-corrected chi connectivity index (χ1v) is 8.78. The number of hydrogen-bond donors (Lipinski definition) is 2. The normalized spacial score (nSPS) is 11.5. The van der Waals surface area contributed by atoms with Crippen LogP contribution in [0.25, 0.3) is 11.4 Å². The van der Waals surface area contributed by atoms with Crippen LogP contribution < -0.4 is 10.6 Å². The number of carbonyl (C=O) groups excluding carboxylic acids is 2. The number of aromatic nitrogens is 2. The third kappa shape index (κ3) is 4.44. The number of halogens is 1. The van der Waals surface area contributed by atoms with Crippen LogP contribution in [0.5, 0.6) is 0 Å². The maximum Gasteiger partial charge on any atom is 0.254 e. The minimum absolute atomic E-state index is 0.255. The minimum Gasteiger partial charge on any atom is -0.340 e. The van der Waals surface area contributed by atoms with Gasteiger partial charge in [0.05, 0.1) is 11.3 Å². The zero-order valence-corrected chi connectivity index (χ0v) is 15.7. The summed E-state index contributed by atoms with van der Waals surface area (Å²) >= 11 is 5.88. The van der Waals surface area contributed by atoms with E-state index in [-0.39, 0.29) is 5.89 Å². The molecule has 0 aliphatic carbocycles. The van der Waals surface area contributed by atoms with Gasteiger partial charge in [0, 0.05) is 10.6 Å². The highest BCUT2D eigenvalue weighted by Crippen LogP contribution is 2.21. The molecule has 0 saturated heterocycles. The van der Waals surface area contributed by atoms with Crippen molar-refractivity contribution in [1.29, 1.82) is 0 Å². The molecule has 2 aromatic carbocycles. The Bertz CT molecular complexity index is 1010. The van der Waals surface area contributed by atoms with Gasteiger partial charge in [0.2, 0.25) is 17.6 Å². The molecule has 0 spiro atoms. The van der Waals surface area contributed by atoms with Crippen molar-refractivity contribution in [2.45, 2.75) is 13.0 Å². The number of benzene rings is 2. The van der Waals surface area contributed by atoms with Gasteiger partial charge < -0.3 is 15.2 Å². The van der Waals surface area contributed by atoms with Gasteiger partial charge in [0.25, 0.3) is 5.91 Å². The Morgan fingerprint density at radius 1 is 1.18 bits per heavy atom. The number of amides is 2. The number of hydrogen-bond acceptors (Lipinski definition) is 5. The highest BCUT2D eigenvalue weighted by Gasteiger charge is 2.20. The molecule has 28 heavy (non-hydrogen) atoms. The predicted molar refractivity (Wildman–Crippen MR) is 106 cm³/mol. The van der Waals surface area contributed by atoms with Gasteiger partial charge in [-0.15, -0.1) is 0 Å². The number of nitrogens with one attached hydrogen (secondary N) is 2. The quantitative estimate of drug-likeness (QED) is 0.613. The molecule has 142 valence electrons. The number of rotatable bonds is 6. The molecule has 2 amide bonds. The van der Waals surface area contributed by atoms with Crippen LogP contribution in [0.15, 0.2) is 65.7 Å². The van der Waals surface area contributed by atoms with Gasteiger partial charge in [-0.05, 0) is 49.4 Å². The molecule has 0 fully saturated rings. The average Bonchev–Trinajstić information content (AvgIpc) is 3.19. The van der Waals surface area contributed by atoms with Gasteiger partial charge in [0.15, 0.2) is 0 Å². The molecular weight excluding hydrogens is 380 g/mol. The molecule has 2 N–H and O–H groups in total. The lowest BCUT2D eigenvalue weighted by Crippen LogP contribution is -2.28. The van der Waals surface area contributed by atoms with Crippen molar-refractivity contribution in [3.63, 3.8) is 0 Å². The molecule has 8 heteroatoms. The largest absolute Gasteiger partial charge is 0.340 e. The van der Waals surface area contributed by atoms with Gasteiger partial charge in [-0.1, -0.05) is 35.5 Å². The Morgan fingerprint density at radius 2 is 1.89 bits per heavy atom. The number of carbonyl (C=O) groups is 2. The van der Waals surface area contributed by atoms with E-state index in [4.69, 9.17) is 16.1 Å². The summed E-state index contributed by atoms with van der Waals surface area (Å²) in [4.78, 5) is 28.5. The Hall–Kier alpha value is -3.45. The second-order valence-electron chi connectivity index (χ2n) is 5.90. The molecule has 1 heterocycles. The van der Waals surface area contributed by atoms with E-state index in [0.717, 1.165) is 11.6 Å². The maximum atomic E-state index is 12.6. The van der Waals surface area contributed by atoms with Crippen molar-refractivity contribution >= 4 is 29.1 Å². The fraction of sp³-hybridized carbons (Fsp3) is 0.100. The van der Waals surface area contributed by atoms with Crippen LogP contribution in [0, 0.1) is 0 Å². The SMILES string of the molecule is C=CC(=O)Nc1ccccc1C(=O)NC(C)c1nc(-c2ccc(Cl)cc2)no1. The van der Waals surface area contributed by atoms with Crippen LogP contribution in [0.1, 0.15) is 29.2 Å². The number of anilines is 1. The highest BCUT2D eigenvalue weighted by atomic mass is 35.5. The lowest BCUT2D eigenvalue weighted by atomic mass is 10.1. The Labute approximate surface area is 166 Å². The predicted octanol–water partition coefficient (Wildman–Crippen LogP) is 4.01. The molecule has 0 radical (unpaired) electrons. The average molecular weight is 397 g/mol. The summed E-state index contributed by atoms with van der Waals surface area (Å²) in [6.07, 6.45) is 1.13. The first kappa shape index (κ1) is 19.3. The van der Waals surface area contributed by atoms with Crippen LogP contribution in [-0.2, 0) is 4.79 Å². The van der Waals surface area contributed by atoms with E-state index in [9.17, 15) is 9.59 Å². The lowest BCUT2D eigenvalue weighted by molar-refractivity contribution is -0.111. The first-order chi connectivity index (χ1) is 13.5. The summed E-state index contributed by atoms with van der Waals surface area (Å²) in [7, 11) is 0. The fourth-order valence-corrected chi connectivity index (χ4v) is 2.56. The van der Waals surface area contributed by atoms with Crippen LogP contribution in [0.2, 0.25) is 5.02 Å². The maximum absolute atomic E-state index is 12.6. The van der Waals surface area contributed by atoms with E-state index in [2.05, 4.69) is 27.4 Å². The summed E-state index contributed by atoms with van der Waals surface area (Å²) in [5, 5.41) is 9.93. The van der Waals surface area contributed by atoms with Gasteiger partial charge >= 0.3 is 0 Å². The van der Waals surface area contributed by atoms with Crippen LogP contribution in [0.4, 0.5) is 5.69 Å². The van der Waals surface area contributed by atoms with Gasteiger partial charge in [-0.2, -0.15) is 4.98 Å². The molecule has 0 aliphatic heterocycles. The lowest BCUT2D eigenvalue weighted by Gasteiger charge is -2.13. The molecule has 0 bridgehead atoms.